The van der Waals surface area contributed by atoms with Crippen LogP contribution >= 0.6 is 0 Å². The average molecular weight is 454 g/mol. The Bertz CT molecular complexity index is 875. The molecule has 0 aromatic heterocycles. The molecular formula is C26H39N5O2. The second-order valence-corrected chi connectivity index (χ2v) is 9.74. The number of likely N-dealkylation sites (N-methyl/N-ethyl adjacent to an activating group) is 2. The van der Waals surface area contributed by atoms with E-state index in [-0.39, 0.29) is 6.04 Å². The number of carbonyl (C=O) groups is 2. The van der Waals surface area contributed by atoms with Gasteiger partial charge in [0.15, 0.2) is 0 Å². The van der Waals surface area contributed by atoms with Crippen LogP contribution in [-0.4, -0.2) is 81.5 Å². The molecule has 2 heterocycles. The molecule has 0 saturated carbocycles. The van der Waals surface area contributed by atoms with Crippen molar-refractivity contribution < 1.29 is 9.59 Å². The molecule has 2 aliphatic heterocycles. The molecule has 1 aromatic rings. The number of allylic oxidation sites excluding steroid dienone is 1. The summed E-state index contributed by atoms with van der Waals surface area (Å²) in [4.78, 5) is 32.0. The molecule has 180 valence electrons. The number of hydrogen-bond donors (Lipinski definition) is 2. The molecule has 1 aliphatic carbocycles. The summed E-state index contributed by atoms with van der Waals surface area (Å²) in [6.07, 6.45) is 8.92. The molecule has 1 aromatic carbocycles. The molecule has 2 N–H and O–H groups in total. The first-order chi connectivity index (χ1) is 16.0. The van der Waals surface area contributed by atoms with E-state index in [1.165, 1.54) is 35.2 Å². The SMILES string of the molecule is CN1CCN(C(CNC(=O)C(=O)NCCC2=CCCCC2)c2ccc3c(c2)CCN3C)CC1. The van der Waals surface area contributed by atoms with Gasteiger partial charge in [-0.1, -0.05) is 23.8 Å². The van der Waals surface area contributed by atoms with Crippen molar-refractivity contribution in [1.29, 1.82) is 0 Å². The first-order valence-electron chi connectivity index (χ1n) is 12.5. The first-order valence-corrected chi connectivity index (χ1v) is 12.5. The molecule has 3 aliphatic rings. The molecule has 1 saturated heterocycles. The standard InChI is InChI=1S/C26H39N5O2/c1-29-14-16-31(17-15-29)24(21-8-9-23-22(18-21)11-13-30(23)2)19-28-26(33)25(32)27-12-10-20-6-4-3-5-7-20/h6,8-9,18,24H,3-5,7,10-17,19H2,1-2H3,(H,27,32)(H,28,33). The molecule has 0 spiro atoms. The van der Waals surface area contributed by atoms with Crippen LogP contribution < -0.4 is 15.5 Å². The number of carbonyl (C=O) groups excluding carboxylic acids is 2. The fraction of sp³-hybridized carbons (Fsp3) is 0.615. The van der Waals surface area contributed by atoms with Crippen LogP contribution in [0.15, 0.2) is 29.8 Å². The van der Waals surface area contributed by atoms with Crippen LogP contribution in [0.1, 0.15) is 49.3 Å². The first kappa shape index (κ1) is 23.8. The summed E-state index contributed by atoms with van der Waals surface area (Å²) in [6.45, 7) is 5.94. The van der Waals surface area contributed by atoms with Gasteiger partial charge >= 0.3 is 11.8 Å². The Hall–Kier alpha value is -2.38. The Morgan fingerprint density at radius 3 is 2.52 bits per heavy atom. The van der Waals surface area contributed by atoms with E-state index in [1.807, 2.05) is 0 Å². The molecule has 1 fully saturated rings. The Labute approximate surface area is 198 Å². The van der Waals surface area contributed by atoms with Gasteiger partial charge in [0.1, 0.15) is 0 Å². The molecule has 2 amide bonds. The van der Waals surface area contributed by atoms with Gasteiger partial charge in [-0.15, -0.1) is 0 Å². The van der Waals surface area contributed by atoms with Crippen LogP contribution in [0.5, 0.6) is 0 Å². The fourth-order valence-electron chi connectivity index (χ4n) is 5.20. The highest BCUT2D eigenvalue weighted by Gasteiger charge is 2.27. The lowest BCUT2D eigenvalue weighted by molar-refractivity contribution is -0.139. The molecule has 7 heteroatoms. The summed E-state index contributed by atoms with van der Waals surface area (Å²) in [5.74, 6) is -1.06. The van der Waals surface area contributed by atoms with E-state index in [1.54, 1.807) is 0 Å². The summed E-state index contributed by atoms with van der Waals surface area (Å²) < 4.78 is 0. The van der Waals surface area contributed by atoms with Crippen molar-refractivity contribution in [3.63, 3.8) is 0 Å². The maximum absolute atomic E-state index is 12.6. The van der Waals surface area contributed by atoms with Gasteiger partial charge in [0, 0.05) is 58.5 Å². The normalized spacial score (nSPS) is 20.2. The van der Waals surface area contributed by atoms with E-state index in [2.05, 4.69) is 63.7 Å². The number of benzene rings is 1. The van der Waals surface area contributed by atoms with Crippen molar-refractivity contribution >= 4 is 17.5 Å². The Morgan fingerprint density at radius 2 is 1.76 bits per heavy atom. The number of hydrogen-bond acceptors (Lipinski definition) is 5. The summed E-state index contributed by atoms with van der Waals surface area (Å²) in [6, 6.07) is 6.76. The summed E-state index contributed by atoms with van der Waals surface area (Å²) >= 11 is 0. The van der Waals surface area contributed by atoms with Crippen LogP contribution in [-0.2, 0) is 16.0 Å². The van der Waals surface area contributed by atoms with Crippen LogP contribution in [0.3, 0.4) is 0 Å². The van der Waals surface area contributed by atoms with Crippen LogP contribution in [0.4, 0.5) is 5.69 Å². The van der Waals surface area contributed by atoms with Gasteiger partial charge in [-0.25, -0.2) is 0 Å². The smallest absolute Gasteiger partial charge is 0.309 e. The largest absolute Gasteiger partial charge is 0.374 e. The lowest BCUT2D eigenvalue weighted by Crippen LogP contribution is -2.49. The van der Waals surface area contributed by atoms with Crippen molar-refractivity contribution in [1.82, 2.24) is 20.4 Å². The summed E-state index contributed by atoms with van der Waals surface area (Å²) in [7, 11) is 4.28. The summed E-state index contributed by atoms with van der Waals surface area (Å²) in [5, 5.41) is 5.72. The van der Waals surface area contributed by atoms with Gasteiger partial charge in [0.2, 0.25) is 0 Å². The van der Waals surface area contributed by atoms with Crippen molar-refractivity contribution in [2.45, 2.75) is 44.6 Å². The minimum Gasteiger partial charge on any atom is -0.374 e. The van der Waals surface area contributed by atoms with Gasteiger partial charge in [-0.2, -0.15) is 0 Å². The lowest BCUT2D eigenvalue weighted by atomic mass is 9.97. The van der Waals surface area contributed by atoms with Gasteiger partial charge in [0.05, 0.1) is 6.04 Å². The van der Waals surface area contributed by atoms with E-state index < -0.39 is 11.8 Å². The number of nitrogens with one attached hydrogen (secondary N) is 2. The van der Waals surface area contributed by atoms with Gasteiger partial charge in [0.25, 0.3) is 0 Å². The van der Waals surface area contributed by atoms with E-state index in [9.17, 15) is 9.59 Å². The van der Waals surface area contributed by atoms with E-state index in [0.29, 0.717) is 13.1 Å². The Kier molecular flexibility index (Phi) is 8.04. The lowest BCUT2D eigenvalue weighted by Gasteiger charge is -2.38. The second kappa shape index (κ2) is 11.2. The minimum atomic E-state index is -0.535. The van der Waals surface area contributed by atoms with Crippen molar-refractivity contribution in [2.24, 2.45) is 0 Å². The van der Waals surface area contributed by atoms with Gasteiger partial charge in [-0.05, 0) is 62.8 Å². The molecule has 1 atom stereocenters. The molecule has 7 nitrogen and oxygen atoms in total. The highest BCUT2D eigenvalue weighted by Crippen LogP contribution is 2.31. The van der Waals surface area contributed by atoms with Crippen LogP contribution in [0, 0.1) is 0 Å². The van der Waals surface area contributed by atoms with Crippen molar-refractivity contribution in [3.8, 4) is 0 Å². The zero-order valence-electron chi connectivity index (χ0n) is 20.2. The Morgan fingerprint density at radius 1 is 0.970 bits per heavy atom. The predicted octanol–water partition coefficient (Wildman–Crippen LogP) is 2.09. The minimum absolute atomic E-state index is 0.0686. The third-order valence-corrected chi connectivity index (χ3v) is 7.37. The van der Waals surface area contributed by atoms with Crippen LogP contribution in [0.2, 0.25) is 0 Å². The maximum atomic E-state index is 12.6. The highest BCUT2D eigenvalue weighted by molar-refractivity contribution is 6.35. The molecule has 1 unspecified atom stereocenters. The third kappa shape index (κ3) is 6.15. The van der Waals surface area contributed by atoms with E-state index in [0.717, 1.165) is 58.4 Å². The maximum Gasteiger partial charge on any atom is 0.309 e. The average Bonchev–Trinajstić information content (AvgIpc) is 3.21. The fourth-order valence-corrected chi connectivity index (χ4v) is 5.20. The Balaban J connectivity index is 1.35. The van der Waals surface area contributed by atoms with E-state index in [4.69, 9.17) is 0 Å². The zero-order valence-corrected chi connectivity index (χ0v) is 20.2. The van der Waals surface area contributed by atoms with Crippen molar-refractivity contribution in [3.05, 3.63) is 41.0 Å². The number of anilines is 1. The molecule has 0 bridgehead atoms. The summed E-state index contributed by atoms with van der Waals surface area (Å²) in [5.41, 5.74) is 5.29. The van der Waals surface area contributed by atoms with Crippen LogP contribution in [0.25, 0.3) is 0 Å². The quantitative estimate of drug-likeness (QED) is 0.489. The zero-order chi connectivity index (χ0) is 23.2. The second-order valence-electron chi connectivity index (χ2n) is 9.74. The monoisotopic (exact) mass is 453 g/mol. The number of piperazine rings is 1. The number of amides is 2. The molecule has 0 radical (unpaired) electrons. The number of fused-ring (bicyclic) bond motifs is 1. The number of nitrogens with zero attached hydrogens (tertiary/aromatic N) is 3. The van der Waals surface area contributed by atoms with Crippen molar-refractivity contribution in [2.75, 3.05) is 64.8 Å². The third-order valence-electron chi connectivity index (χ3n) is 7.37. The molecule has 4 rings (SSSR count). The molecule has 33 heavy (non-hydrogen) atoms. The molecular weight excluding hydrogens is 414 g/mol. The highest BCUT2D eigenvalue weighted by atomic mass is 16.2. The predicted molar refractivity (Wildman–Crippen MR) is 132 cm³/mol. The topological polar surface area (TPSA) is 67.9 Å². The van der Waals surface area contributed by atoms with E-state index >= 15 is 0 Å². The van der Waals surface area contributed by atoms with Gasteiger partial charge < -0.3 is 20.4 Å². The van der Waals surface area contributed by atoms with Gasteiger partial charge in [-0.3, -0.25) is 14.5 Å². The number of rotatable bonds is 7.